The Bertz CT molecular complexity index is 682. The van der Waals surface area contributed by atoms with Gasteiger partial charge in [-0.3, -0.25) is 4.79 Å². The van der Waals surface area contributed by atoms with Crippen molar-refractivity contribution in [2.24, 2.45) is 5.92 Å². The Morgan fingerprint density at radius 1 is 1.17 bits per heavy atom. The molecule has 2 aromatic carbocycles. The van der Waals surface area contributed by atoms with Crippen molar-refractivity contribution >= 4 is 16.7 Å². The van der Waals surface area contributed by atoms with Gasteiger partial charge in [-0.15, -0.1) is 0 Å². The zero-order chi connectivity index (χ0) is 16.8. The lowest BCUT2D eigenvalue weighted by Crippen LogP contribution is -2.35. The van der Waals surface area contributed by atoms with Crippen LogP contribution in [0.5, 0.6) is 0 Å². The maximum atomic E-state index is 12.3. The van der Waals surface area contributed by atoms with E-state index in [-0.39, 0.29) is 5.91 Å². The standard InChI is InChI=1S/C21H28N2O/c1-17-7-6-14-23(16-17)13-5-4-12-22-21(24)20-11-10-18-8-2-3-9-19(18)15-20/h2-3,8-11,15,17H,4-7,12-14,16H2,1H3,(H,22,24)/t17-/m0/s1. The number of hydrogen-bond donors (Lipinski definition) is 1. The van der Waals surface area contributed by atoms with Crippen molar-refractivity contribution in [1.29, 1.82) is 0 Å². The Balaban J connectivity index is 1.40. The Hall–Kier alpha value is -1.87. The van der Waals surface area contributed by atoms with Gasteiger partial charge < -0.3 is 10.2 Å². The van der Waals surface area contributed by atoms with Crippen LogP contribution >= 0.6 is 0 Å². The molecule has 0 radical (unpaired) electrons. The molecule has 1 aliphatic heterocycles. The predicted octanol–water partition coefficient (Wildman–Crippen LogP) is 4.08. The van der Waals surface area contributed by atoms with Crippen LogP contribution in [0.25, 0.3) is 10.8 Å². The summed E-state index contributed by atoms with van der Waals surface area (Å²) in [6.45, 7) is 6.75. The monoisotopic (exact) mass is 324 g/mol. The van der Waals surface area contributed by atoms with Gasteiger partial charge in [-0.2, -0.15) is 0 Å². The fourth-order valence-corrected chi connectivity index (χ4v) is 3.58. The van der Waals surface area contributed by atoms with E-state index < -0.39 is 0 Å². The second-order valence-electron chi connectivity index (χ2n) is 7.07. The first-order valence-corrected chi connectivity index (χ1v) is 9.22. The number of amides is 1. The zero-order valence-corrected chi connectivity index (χ0v) is 14.6. The molecule has 1 atom stereocenters. The fourth-order valence-electron chi connectivity index (χ4n) is 3.58. The van der Waals surface area contributed by atoms with Crippen molar-refractivity contribution in [3.05, 3.63) is 48.0 Å². The summed E-state index contributed by atoms with van der Waals surface area (Å²) in [5.41, 5.74) is 0.749. The van der Waals surface area contributed by atoms with Gasteiger partial charge >= 0.3 is 0 Å². The number of hydrogen-bond acceptors (Lipinski definition) is 2. The summed E-state index contributed by atoms with van der Waals surface area (Å²) >= 11 is 0. The Morgan fingerprint density at radius 2 is 2.00 bits per heavy atom. The zero-order valence-electron chi connectivity index (χ0n) is 14.6. The van der Waals surface area contributed by atoms with Gasteiger partial charge in [-0.25, -0.2) is 0 Å². The molecule has 3 heteroatoms. The van der Waals surface area contributed by atoms with Crippen molar-refractivity contribution in [2.45, 2.75) is 32.6 Å². The summed E-state index contributed by atoms with van der Waals surface area (Å²) in [6.07, 6.45) is 4.91. The van der Waals surface area contributed by atoms with Gasteiger partial charge in [0.25, 0.3) is 5.91 Å². The quantitative estimate of drug-likeness (QED) is 0.812. The molecule has 0 bridgehead atoms. The van der Waals surface area contributed by atoms with Gasteiger partial charge in [0.2, 0.25) is 0 Å². The van der Waals surface area contributed by atoms with Crippen LogP contribution in [0.1, 0.15) is 43.0 Å². The molecule has 0 aliphatic carbocycles. The van der Waals surface area contributed by atoms with Crippen LogP contribution in [0.4, 0.5) is 0 Å². The number of rotatable bonds is 6. The van der Waals surface area contributed by atoms with E-state index in [1.165, 1.54) is 31.3 Å². The van der Waals surface area contributed by atoms with Gasteiger partial charge in [-0.1, -0.05) is 37.3 Å². The van der Waals surface area contributed by atoms with Crippen molar-refractivity contribution < 1.29 is 4.79 Å². The lowest BCUT2D eigenvalue weighted by molar-refractivity contribution is 0.0952. The van der Waals surface area contributed by atoms with Gasteiger partial charge in [0.05, 0.1) is 0 Å². The van der Waals surface area contributed by atoms with Crippen LogP contribution < -0.4 is 5.32 Å². The number of unbranched alkanes of at least 4 members (excludes halogenated alkanes) is 1. The number of benzene rings is 2. The molecule has 0 aromatic heterocycles. The molecule has 1 N–H and O–H groups in total. The summed E-state index contributed by atoms with van der Waals surface area (Å²) in [7, 11) is 0. The number of carbonyl (C=O) groups is 1. The maximum absolute atomic E-state index is 12.3. The van der Waals surface area contributed by atoms with E-state index in [9.17, 15) is 4.79 Å². The minimum atomic E-state index is 0.0346. The normalized spacial score (nSPS) is 18.6. The van der Waals surface area contributed by atoms with Crippen molar-refractivity contribution in [2.75, 3.05) is 26.2 Å². The second-order valence-corrected chi connectivity index (χ2v) is 7.07. The number of piperidine rings is 1. The average molecular weight is 324 g/mol. The maximum Gasteiger partial charge on any atom is 0.251 e. The van der Waals surface area contributed by atoms with Gasteiger partial charge in [0.15, 0.2) is 0 Å². The third kappa shape index (κ3) is 4.57. The van der Waals surface area contributed by atoms with Crippen LogP contribution in [0.3, 0.4) is 0 Å². The number of likely N-dealkylation sites (tertiary alicyclic amines) is 1. The highest BCUT2D eigenvalue weighted by Gasteiger charge is 2.15. The Labute approximate surface area is 145 Å². The molecule has 0 spiro atoms. The summed E-state index contributed by atoms with van der Waals surface area (Å²) in [5.74, 6) is 0.874. The highest BCUT2D eigenvalue weighted by atomic mass is 16.1. The van der Waals surface area contributed by atoms with Gasteiger partial charge in [-0.05, 0) is 67.6 Å². The van der Waals surface area contributed by atoms with Crippen molar-refractivity contribution in [1.82, 2.24) is 10.2 Å². The summed E-state index contributed by atoms with van der Waals surface area (Å²) in [5, 5.41) is 5.34. The van der Waals surface area contributed by atoms with Gasteiger partial charge in [0, 0.05) is 18.7 Å². The number of carbonyl (C=O) groups excluding carboxylic acids is 1. The van der Waals surface area contributed by atoms with E-state index in [1.807, 2.05) is 36.4 Å². The van der Waals surface area contributed by atoms with Crippen LogP contribution in [0, 0.1) is 5.92 Å². The van der Waals surface area contributed by atoms with Crippen molar-refractivity contribution in [3.63, 3.8) is 0 Å². The van der Waals surface area contributed by atoms with E-state index in [2.05, 4.69) is 23.2 Å². The molecule has 1 aliphatic rings. The summed E-state index contributed by atoms with van der Waals surface area (Å²) in [4.78, 5) is 14.8. The number of nitrogens with zero attached hydrogens (tertiary/aromatic N) is 1. The SMILES string of the molecule is C[C@H]1CCCN(CCCCNC(=O)c2ccc3ccccc3c2)C1. The minimum absolute atomic E-state index is 0.0346. The predicted molar refractivity (Wildman–Crippen MR) is 100 cm³/mol. The summed E-state index contributed by atoms with van der Waals surface area (Å²) < 4.78 is 0. The third-order valence-electron chi connectivity index (χ3n) is 4.94. The first-order valence-electron chi connectivity index (χ1n) is 9.22. The third-order valence-corrected chi connectivity index (χ3v) is 4.94. The second kappa shape index (κ2) is 8.29. The topological polar surface area (TPSA) is 32.3 Å². The van der Waals surface area contributed by atoms with E-state index in [4.69, 9.17) is 0 Å². The van der Waals surface area contributed by atoms with Crippen LogP contribution in [0.2, 0.25) is 0 Å². The molecular formula is C21H28N2O. The highest BCUT2D eigenvalue weighted by Crippen LogP contribution is 2.16. The average Bonchev–Trinajstić information content (AvgIpc) is 2.61. The molecule has 3 rings (SSSR count). The van der Waals surface area contributed by atoms with E-state index in [0.717, 1.165) is 42.8 Å². The lowest BCUT2D eigenvalue weighted by Gasteiger charge is -2.30. The Kier molecular flexibility index (Phi) is 5.86. The molecule has 0 unspecified atom stereocenters. The molecule has 1 amide bonds. The largest absolute Gasteiger partial charge is 0.352 e. The highest BCUT2D eigenvalue weighted by molar-refractivity contribution is 5.98. The molecule has 1 fully saturated rings. The van der Waals surface area contributed by atoms with E-state index in [1.54, 1.807) is 0 Å². The van der Waals surface area contributed by atoms with Gasteiger partial charge in [0.1, 0.15) is 0 Å². The molecule has 1 saturated heterocycles. The lowest BCUT2D eigenvalue weighted by atomic mass is 10.0. The Morgan fingerprint density at radius 3 is 2.83 bits per heavy atom. The molecule has 24 heavy (non-hydrogen) atoms. The van der Waals surface area contributed by atoms with E-state index in [0.29, 0.717) is 0 Å². The van der Waals surface area contributed by atoms with Crippen molar-refractivity contribution in [3.8, 4) is 0 Å². The molecule has 3 nitrogen and oxygen atoms in total. The smallest absolute Gasteiger partial charge is 0.251 e. The summed E-state index contributed by atoms with van der Waals surface area (Å²) in [6, 6.07) is 14.0. The number of fused-ring (bicyclic) bond motifs is 1. The number of nitrogens with one attached hydrogen (secondary N) is 1. The first-order chi connectivity index (χ1) is 11.7. The molecule has 128 valence electrons. The van der Waals surface area contributed by atoms with E-state index >= 15 is 0 Å². The minimum Gasteiger partial charge on any atom is -0.352 e. The first kappa shape index (κ1) is 17.0. The molecule has 0 saturated carbocycles. The van der Waals surface area contributed by atoms with Crippen LogP contribution in [-0.2, 0) is 0 Å². The molecular weight excluding hydrogens is 296 g/mol. The van der Waals surface area contributed by atoms with Crippen LogP contribution in [0.15, 0.2) is 42.5 Å². The fraction of sp³-hybridized carbons (Fsp3) is 0.476. The molecule has 2 aromatic rings. The van der Waals surface area contributed by atoms with Crippen LogP contribution in [-0.4, -0.2) is 37.0 Å². The molecule has 1 heterocycles.